The Morgan fingerprint density at radius 3 is 2.47 bits per heavy atom. The zero-order valence-electron chi connectivity index (χ0n) is 10.8. The highest BCUT2D eigenvalue weighted by Gasteiger charge is 2.36. The molecule has 0 aromatic heterocycles. The number of anilines is 1. The van der Waals surface area contributed by atoms with Crippen LogP contribution < -0.4 is 4.90 Å². The van der Waals surface area contributed by atoms with Gasteiger partial charge in [0.25, 0.3) is 0 Å². The van der Waals surface area contributed by atoms with E-state index in [0.717, 1.165) is 18.9 Å². The van der Waals surface area contributed by atoms with Gasteiger partial charge in [-0.25, -0.2) is 0 Å². The van der Waals surface area contributed by atoms with E-state index < -0.39 is 11.7 Å². The molecule has 0 N–H and O–H groups in total. The molecule has 1 saturated carbocycles. The summed E-state index contributed by atoms with van der Waals surface area (Å²) >= 11 is 5.63. The Bertz CT molecular complexity index is 441. The van der Waals surface area contributed by atoms with Gasteiger partial charge in [0.1, 0.15) is 0 Å². The van der Waals surface area contributed by atoms with Gasteiger partial charge in [-0.2, -0.15) is 13.2 Å². The molecular weight excluding hydrogens is 275 g/mol. The predicted molar refractivity (Wildman–Crippen MR) is 71.6 cm³/mol. The van der Waals surface area contributed by atoms with Crippen LogP contribution in [0.15, 0.2) is 18.2 Å². The molecule has 106 valence electrons. The van der Waals surface area contributed by atoms with Gasteiger partial charge in [-0.1, -0.05) is 6.07 Å². The predicted octanol–water partition coefficient (Wildman–Crippen LogP) is 4.68. The molecule has 1 fully saturated rings. The molecule has 1 aliphatic carbocycles. The van der Waals surface area contributed by atoms with Crippen LogP contribution in [-0.2, 0) is 12.1 Å². The second kappa shape index (κ2) is 5.61. The molecule has 5 heteroatoms. The normalized spacial score (nSPS) is 15.6. The number of benzene rings is 1. The molecule has 1 aliphatic rings. The molecule has 0 atom stereocenters. The average molecular weight is 292 g/mol. The van der Waals surface area contributed by atoms with Crippen molar-refractivity contribution in [1.82, 2.24) is 0 Å². The van der Waals surface area contributed by atoms with Crippen LogP contribution in [0.5, 0.6) is 0 Å². The number of rotatable bonds is 5. The van der Waals surface area contributed by atoms with E-state index >= 15 is 0 Å². The minimum absolute atomic E-state index is 0.0953. The first-order valence-corrected chi connectivity index (χ1v) is 7.00. The Morgan fingerprint density at radius 1 is 1.32 bits per heavy atom. The van der Waals surface area contributed by atoms with Gasteiger partial charge in [0.2, 0.25) is 0 Å². The third-order valence-corrected chi connectivity index (χ3v) is 3.73. The third-order valence-electron chi connectivity index (χ3n) is 3.42. The molecule has 0 spiro atoms. The van der Waals surface area contributed by atoms with Crippen LogP contribution in [0, 0.1) is 5.92 Å². The van der Waals surface area contributed by atoms with Crippen LogP contribution in [0.3, 0.4) is 0 Å². The molecule has 1 nitrogen and oxygen atoms in total. The molecule has 0 heterocycles. The van der Waals surface area contributed by atoms with E-state index in [0.29, 0.717) is 24.6 Å². The first kappa shape index (κ1) is 14.5. The molecule has 0 unspecified atom stereocenters. The zero-order chi connectivity index (χ0) is 14.0. The standard InChI is InChI=1S/C14H17ClF3N/c1-2-19(9-10-3-4-10)13-6-5-11(8-15)7-12(13)14(16,17)18/h5-7,10H,2-4,8-9H2,1H3. The first-order valence-electron chi connectivity index (χ1n) is 6.46. The highest BCUT2D eigenvalue weighted by atomic mass is 35.5. The molecule has 0 radical (unpaired) electrons. The Hall–Kier alpha value is -0.900. The Kier molecular flexibility index (Phi) is 4.29. The fourth-order valence-corrected chi connectivity index (χ4v) is 2.35. The van der Waals surface area contributed by atoms with Crippen LogP contribution in [0.4, 0.5) is 18.9 Å². The van der Waals surface area contributed by atoms with Crippen LogP contribution in [0.1, 0.15) is 30.9 Å². The lowest BCUT2D eigenvalue weighted by atomic mass is 10.1. The van der Waals surface area contributed by atoms with Crippen molar-refractivity contribution in [2.45, 2.75) is 31.8 Å². The summed E-state index contributed by atoms with van der Waals surface area (Å²) < 4.78 is 39.4. The van der Waals surface area contributed by atoms with Crippen LogP contribution in [-0.4, -0.2) is 13.1 Å². The Morgan fingerprint density at radius 2 is 2.00 bits per heavy atom. The maximum absolute atomic E-state index is 13.1. The topological polar surface area (TPSA) is 3.24 Å². The second-order valence-corrected chi connectivity index (χ2v) is 5.23. The van der Waals surface area contributed by atoms with Crippen molar-refractivity contribution in [3.63, 3.8) is 0 Å². The molecule has 0 bridgehead atoms. The summed E-state index contributed by atoms with van der Waals surface area (Å²) in [4.78, 5) is 1.82. The molecule has 1 aromatic carbocycles. The highest BCUT2D eigenvalue weighted by Crippen LogP contribution is 2.39. The summed E-state index contributed by atoms with van der Waals surface area (Å²) in [6.07, 6.45) is -2.09. The third kappa shape index (κ3) is 3.56. The minimum atomic E-state index is -4.34. The number of hydrogen-bond donors (Lipinski definition) is 0. The van der Waals surface area contributed by atoms with Crippen LogP contribution in [0.2, 0.25) is 0 Å². The van der Waals surface area contributed by atoms with Gasteiger partial charge >= 0.3 is 6.18 Å². The summed E-state index contributed by atoms with van der Waals surface area (Å²) in [7, 11) is 0. The van der Waals surface area contributed by atoms with Gasteiger partial charge in [-0.15, -0.1) is 11.6 Å². The van der Waals surface area contributed by atoms with E-state index in [1.54, 1.807) is 12.1 Å². The van der Waals surface area contributed by atoms with Gasteiger partial charge in [-0.3, -0.25) is 0 Å². The Balaban J connectivity index is 2.35. The SMILES string of the molecule is CCN(CC1CC1)c1ccc(CCl)cc1C(F)(F)F. The lowest BCUT2D eigenvalue weighted by Gasteiger charge is -2.27. The fraction of sp³-hybridized carbons (Fsp3) is 0.571. The van der Waals surface area contributed by atoms with E-state index in [4.69, 9.17) is 11.6 Å². The molecule has 0 amide bonds. The quantitative estimate of drug-likeness (QED) is 0.712. The van der Waals surface area contributed by atoms with E-state index in [-0.39, 0.29) is 11.6 Å². The maximum Gasteiger partial charge on any atom is 0.418 e. The van der Waals surface area contributed by atoms with Crippen molar-refractivity contribution in [1.29, 1.82) is 0 Å². The summed E-state index contributed by atoms with van der Waals surface area (Å²) in [5, 5.41) is 0. The van der Waals surface area contributed by atoms with E-state index in [9.17, 15) is 13.2 Å². The average Bonchev–Trinajstić information content (AvgIpc) is 3.18. The lowest BCUT2D eigenvalue weighted by molar-refractivity contribution is -0.137. The highest BCUT2D eigenvalue weighted by molar-refractivity contribution is 6.17. The first-order chi connectivity index (χ1) is 8.95. The van der Waals surface area contributed by atoms with Gasteiger partial charge in [0.15, 0.2) is 0 Å². The van der Waals surface area contributed by atoms with E-state index in [2.05, 4.69) is 0 Å². The molecule has 2 rings (SSSR count). The number of alkyl halides is 4. The van der Waals surface area contributed by atoms with Crippen molar-refractivity contribution in [2.75, 3.05) is 18.0 Å². The minimum Gasteiger partial charge on any atom is -0.371 e. The number of nitrogens with zero attached hydrogens (tertiary/aromatic N) is 1. The summed E-state index contributed by atoms with van der Waals surface area (Å²) in [6, 6.07) is 4.39. The Labute approximate surface area is 116 Å². The molecular formula is C14H17ClF3N. The largest absolute Gasteiger partial charge is 0.418 e. The van der Waals surface area contributed by atoms with Crippen molar-refractivity contribution in [3.8, 4) is 0 Å². The van der Waals surface area contributed by atoms with Crippen LogP contribution in [0.25, 0.3) is 0 Å². The van der Waals surface area contributed by atoms with E-state index in [1.165, 1.54) is 0 Å². The smallest absolute Gasteiger partial charge is 0.371 e. The summed E-state index contributed by atoms with van der Waals surface area (Å²) in [6.45, 7) is 3.18. The fourth-order valence-electron chi connectivity index (χ4n) is 2.18. The van der Waals surface area contributed by atoms with Crippen molar-refractivity contribution in [2.24, 2.45) is 5.92 Å². The lowest BCUT2D eigenvalue weighted by Crippen LogP contribution is -2.28. The molecule has 1 aromatic rings. The molecule has 0 aliphatic heterocycles. The zero-order valence-corrected chi connectivity index (χ0v) is 11.6. The summed E-state index contributed by atoms with van der Waals surface area (Å²) in [5.74, 6) is 0.645. The van der Waals surface area contributed by atoms with Gasteiger partial charge < -0.3 is 4.90 Å². The maximum atomic E-state index is 13.1. The molecule has 19 heavy (non-hydrogen) atoms. The van der Waals surface area contributed by atoms with Crippen LogP contribution >= 0.6 is 11.6 Å². The van der Waals surface area contributed by atoms with E-state index in [1.807, 2.05) is 11.8 Å². The number of hydrogen-bond acceptors (Lipinski definition) is 1. The van der Waals surface area contributed by atoms with Gasteiger partial charge in [0, 0.05) is 24.7 Å². The number of halogens is 4. The summed E-state index contributed by atoms with van der Waals surface area (Å²) in [5.41, 5.74) is 0.198. The monoisotopic (exact) mass is 291 g/mol. The van der Waals surface area contributed by atoms with Gasteiger partial charge in [-0.05, 0) is 43.4 Å². The van der Waals surface area contributed by atoms with Crippen molar-refractivity contribution < 1.29 is 13.2 Å². The van der Waals surface area contributed by atoms with Crippen molar-refractivity contribution >= 4 is 17.3 Å². The molecule has 0 saturated heterocycles. The van der Waals surface area contributed by atoms with Crippen molar-refractivity contribution in [3.05, 3.63) is 29.3 Å². The van der Waals surface area contributed by atoms with Gasteiger partial charge in [0.05, 0.1) is 5.56 Å². The second-order valence-electron chi connectivity index (χ2n) is 4.96.